The van der Waals surface area contributed by atoms with Crippen LogP contribution in [0, 0.1) is 16.7 Å². The molecule has 0 unspecified atom stereocenters. The van der Waals surface area contributed by atoms with Crippen LogP contribution in [0.3, 0.4) is 0 Å². The minimum absolute atomic E-state index is 0.413. The number of aliphatic imine (C=N–C) groups is 1. The molecule has 2 aliphatic carbocycles. The monoisotopic (exact) mass is 319 g/mol. The number of nitrogens with zero attached hydrogens (tertiary/aromatic N) is 1. The summed E-state index contributed by atoms with van der Waals surface area (Å²) in [7, 11) is 0. The topological polar surface area (TPSA) is 12.4 Å². The van der Waals surface area contributed by atoms with Crippen LogP contribution >= 0.6 is 0 Å². The van der Waals surface area contributed by atoms with Crippen molar-refractivity contribution >= 4 is 5.71 Å². The Hall–Kier alpha value is -0.330. The van der Waals surface area contributed by atoms with Gasteiger partial charge in [0.05, 0.1) is 0 Å². The SMILES string of the molecule is CCCCCCCCCCCCN=C1C[C@H]2CC[C@]1(C)C2(C)C. The van der Waals surface area contributed by atoms with E-state index in [1.54, 1.807) is 5.71 Å². The molecule has 23 heavy (non-hydrogen) atoms. The predicted molar refractivity (Wildman–Crippen MR) is 103 cm³/mol. The lowest BCUT2D eigenvalue weighted by molar-refractivity contribution is 0.194. The molecule has 2 atom stereocenters. The van der Waals surface area contributed by atoms with E-state index in [4.69, 9.17) is 4.99 Å². The van der Waals surface area contributed by atoms with Crippen molar-refractivity contribution in [1.82, 2.24) is 0 Å². The van der Waals surface area contributed by atoms with Crippen molar-refractivity contribution in [2.45, 2.75) is 111 Å². The molecule has 0 heterocycles. The Morgan fingerprint density at radius 2 is 1.43 bits per heavy atom. The van der Waals surface area contributed by atoms with Gasteiger partial charge in [0.2, 0.25) is 0 Å². The first kappa shape index (κ1) is 19.0. The minimum Gasteiger partial charge on any atom is -0.294 e. The van der Waals surface area contributed by atoms with Gasteiger partial charge in [-0.25, -0.2) is 0 Å². The maximum atomic E-state index is 5.06. The van der Waals surface area contributed by atoms with Crippen LogP contribution in [0.1, 0.15) is 111 Å². The number of rotatable bonds is 11. The van der Waals surface area contributed by atoms with Crippen LogP contribution in [-0.4, -0.2) is 12.3 Å². The van der Waals surface area contributed by atoms with Gasteiger partial charge in [-0.15, -0.1) is 0 Å². The smallest absolute Gasteiger partial charge is 0.0388 e. The van der Waals surface area contributed by atoms with Crippen LogP contribution in [-0.2, 0) is 0 Å². The van der Waals surface area contributed by atoms with E-state index in [2.05, 4.69) is 27.7 Å². The highest BCUT2D eigenvalue weighted by Crippen LogP contribution is 2.63. The summed E-state index contributed by atoms with van der Waals surface area (Å²) in [6.07, 6.45) is 18.2. The highest BCUT2D eigenvalue weighted by molar-refractivity contribution is 5.94. The molecule has 0 saturated heterocycles. The second kappa shape index (κ2) is 8.67. The first-order valence-electron chi connectivity index (χ1n) is 10.6. The number of hydrogen-bond donors (Lipinski definition) is 0. The van der Waals surface area contributed by atoms with E-state index >= 15 is 0 Å². The lowest BCUT2D eigenvalue weighted by Gasteiger charge is -2.34. The molecule has 2 saturated carbocycles. The molecule has 0 aromatic heterocycles. The van der Waals surface area contributed by atoms with E-state index < -0.39 is 0 Å². The first-order chi connectivity index (χ1) is 11.0. The zero-order valence-electron chi connectivity index (χ0n) is 16.4. The molecule has 134 valence electrons. The van der Waals surface area contributed by atoms with Crippen LogP contribution in [0.2, 0.25) is 0 Å². The summed E-state index contributed by atoms with van der Waals surface area (Å²) in [5.41, 5.74) is 2.47. The van der Waals surface area contributed by atoms with Crippen molar-refractivity contribution in [3.05, 3.63) is 0 Å². The second-order valence-electron chi connectivity index (χ2n) is 9.00. The Balaban J connectivity index is 1.53. The Morgan fingerprint density at radius 1 is 0.870 bits per heavy atom. The molecule has 0 aromatic carbocycles. The van der Waals surface area contributed by atoms with Gasteiger partial charge in [0.25, 0.3) is 0 Å². The largest absolute Gasteiger partial charge is 0.294 e. The Bertz CT molecular complexity index is 381. The van der Waals surface area contributed by atoms with Gasteiger partial charge in [-0.3, -0.25) is 4.99 Å². The molecule has 2 fully saturated rings. The Labute approximate surface area is 145 Å². The van der Waals surface area contributed by atoms with E-state index in [9.17, 15) is 0 Å². The molecule has 0 aromatic rings. The van der Waals surface area contributed by atoms with Crippen molar-refractivity contribution in [1.29, 1.82) is 0 Å². The zero-order valence-corrected chi connectivity index (χ0v) is 16.4. The average molecular weight is 320 g/mol. The summed E-state index contributed by atoms with van der Waals surface area (Å²) >= 11 is 0. The lowest BCUT2D eigenvalue weighted by atomic mass is 9.70. The molecule has 2 aliphatic rings. The maximum Gasteiger partial charge on any atom is 0.0388 e. The van der Waals surface area contributed by atoms with Gasteiger partial charge in [0, 0.05) is 17.7 Å². The zero-order chi connectivity index (χ0) is 16.8. The summed E-state index contributed by atoms with van der Waals surface area (Å²) in [6.45, 7) is 10.8. The van der Waals surface area contributed by atoms with Gasteiger partial charge in [-0.05, 0) is 37.0 Å². The van der Waals surface area contributed by atoms with Gasteiger partial charge in [0.1, 0.15) is 0 Å². The van der Waals surface area contributed by atoms with Gasteiger partial charge < -0.3 is 0 Å². The van der Waals surface area contributed by atoms with Crippen LogP contribution in [0.25, 0.3) is 0 Å². The van der Waals surface area contributed by atoms with Crippen LogP contribution in [0.4, 0.5) is 0 Å². The Kier molecular flexibility index (Phi) is 7.17. The molecule has 1 heteroatoms. The van der Waals surface area contributed by atoms with Gasteiger partial charge in [-0.1, -0.05) is 85.5 Å². The first-order valence-corrected chi connectivity index (χ1v) is 10.6. The lowest BCUT2D eigenvalue weighted by Crippen LogP contribution is -2.32. The van der Waals surface area contributed by atoms with Crippen molar-refractivity contribution in [3.8, 4) is 0 Å². The van der Waals surface area contributed by atoms with E-state index in [0.717, 1.165) is 12.5 Å². The highest BCUT2D eigenvalue weighted by atomic mass is 14.8. The molecule has 1 nitrogen and oxygen atoms in total. The normalized spacial score (nSPS) is 30.4. The van der Waals surface area contributed by atoms with Crippen LogP contribution in [0.15, 0.2) is 4.99 Å². The third-order valence-corrected chi connectivity index (χ3v) is 7.33. The minimum atomic E-state index is 0.413. The standard InChI is InChI=1S/C22H41N/c1-5-6-7-8-9-10-11-12-13-14-17-23-20-18-19-15-16-22(20,4)21(19,2)3/h19H,5-18H2,1-4H3/t19-,22+/m1/s1. The molecule has 0 spiro atoms. The molecular weight excluding hydrogens is 278 g/mol. The van der Waals surface area contributed by atoms with E-state index in [-0.39, 0.29) is 0 Å². The van der Waals surface area contributed by atoms with E-state index in [1.165, 1.54) is 83.5 Å². The maximum absolute atomic E-state index is 5.06. The fourth-order valence-corrected chi connectivity index (χ4v) is 4.98. The summed E-state index contributed by atoms with van der Waals surface area (Å²) in [5, 5.41) is 0. The molecule has 2 rings (SSSR count). The predicted octanol–water partition coefficient (Wildman–Crippen LogP) is 7.19. The van der Waals surface area contributed by atoms with Gasteiger partial charge in [0.15, 0.2) is 0 Å². The summed E-state index contributed by atoms with van der Waals surface area (Å²) in [6, 6.07) is 0. The van der Waals surface area contributed by atoms with Gasteiger partial charge >= 0.3 is 0 Å². The summed E-state index contributed by atoms with van der Waals surface area (Å²) in [5.74, 6) is 0.902. The van der Waals surface area contributed by atoms with Crippen LogP contribution < -0.4 is 0 Å². The van der Waals surface area contributed by atoms with Crippen LogP contribution in [0.5, 0.6) is 0 Å². The third kappa shape index (κ3) is 4.40. The van der Waals surface area contributed by atoms with E-state index in [1.807, 2.05) is 0 Å². The molecule has 0 N–H and O–H groups in total. The highest BCUT2D eigenvalue weighted by Gasteiger charge is 2.59. The fraction of sp³-hybridized carbons (Fsp3) is 0.955. The second-order valence-corrected chi connectivity index (χ2v) is 9.00. The van der Waals surface area contributed by atoms with Crippen molar-refractivity contribution in [2.24, 2.45) is 21.7 Å². The third-order valence-electron chi connectivity index (χ3n) is 7.33. The molecular formula is C22H41N. The van der Waals surface area contributed by atoms with E-state index in [0.29, 0.717) is 10.8 Å². The molecule has 0 amide bonds. The summed E-state index contributed by atoms with van der Waals surface area (Å²) in [4.78, 5) is 5.06. The number of fused-ring (bicyclic) bond motifs is 2. The number of hydrogen-bond acceptors (Lipinski definition) is 1. The average Bonchev–Trinajstić information content (AvgIpc) is 2.86. The number of unbranched alkanes of at least 4 members (excludes halogenated alkanes) is 9. The van der Waals surface area contributed by atoms with Gasteiger partial charge in [-0.2, -0.15) is 0 Å². The quantitative estimate of drug-likeness (QED) is 0.357. The molecule has 0 aliphatic heterocycles. The van der Waals surface area contributed by atoms with Crippen molar-refractivity contribution in [3.63, 3.8) is 0 Å². The van der Waals surface area contributed by atoms with Crippen molar-refractivity contribution < 1.29 is 0 Å². The Morgan fingerprint density at radius 3 is 1.91 bits per heavy atom. The fourth-order valence-electron chi connectivity index (χ4n) is 4.98. The summed E-state index contributed by atoms with van der Waals surface area (Å²) < 4.78 is 0. The molecule has 0 radical (unpaired) electrons. The van der Waals surface area contributed by atoms with Crippen molar-refractivity contribution in [2.75, 3.05) is 6.54 Å². The molecule has 2 bridgehead atoms.